The second-order valence-electron chi connectivity index (χ2n) is 5.87. The molecule has 1 nitrogen and oxygen atoms in total. The maximum absolute atomic E-state index is 3.41. The summed E-state index contributed by atoms with van der Waals surface area (Å²) < 4.78 is 0. The summed E-state index contributed by atoms with van der Waals surface area (Å²) in [5.41, 5.74) is 3.17. The van der Waals surface area contributed by atoms with E-state index in [1.807, 2.05) is 0 Å². The standard InChI is InChI=1S/C20H27N/c1-3-20(17-21-2,19-14-8-5-9-15-19)16-10-13-18-11-6-4-7-12-18/h4-9,11-12,14-15,21H,3,10,13,16-17H2,1-2H3. The molecule has 0 radical (unpaired) electrons. The van der Waals surface area contributed by atoms with Crippen molar-refractivity contribution in [3.05, 3.63) is 71.8 Å². The van der Waals surface area contributed by atoms with Gasteiger partial charge in [-0.25, -0.2) is 0 Å². The first-order valence-electron chi connectivity index (χ1n) is 8.05. The van der Waals surface area contributed by atoms with E-state index in [0.29, 0.717) is 0 Å². The molecule has 21 heavy (non-hydrogen) atoms. The third kappa shape index (κ3) is 4.18. The van der Waals surface area contributed by atoms with Gasteiger partial charge in [-0.3, -0.25) is 0 Å². The van der Waals surface area contributed by atoms with E-state index >= 15 is 0 Å². The van der Waals surface area contributed by atoms with Gasteiger partial charge in [0.15, 0.2) is 0 Å². The molecule has 0 aromatic heterocycles. The van der Waals surface area contributed by atoms with Crippen molar-refractivity contribution in [1.29, 1.82) is 0 Å². The van der Waals surface area contributed by atoms with Crippen LogP contribution in [0.2, 0.25) is 0 Å². The van der Waals surface area contributed by atoms with E-state index < -0.39 is 0 Å². The summed E-state index contributed by atoms with van der Waals surface area (Å²) in [5.74, 6) is 0. The minimum absolute atomic E-state index is 0.255. The van der Waals surface area contributed by atoms with E-state index in [2.05, 4.69) is 80.0 Å². The Morgan fingerprint density at radius 2 is 1.52 bits per heavy atom. The second kappa shape index (κ2) is 7.99. The summed E-state index contributed by atoms with van der Waals surface area (Å²) in [4.78, 5) is 0. The lowest BCUT2D eigenvalue weighted by atomic mass is 9.74. The topological polar surface area (TPSA) is 12.0 Å². The number of hydrogen-bond donors (Lipinski definition) is 1. The van der Waals surface area contributed by atoms with Gasteiger partial charge in [0.05, 0.1) is 0 Å². The van der Waals surface area contributed by atoms with E-state index in [-0.39, 0.29) is 5.41 Å². The zero-order chi connectivity index (χ0) is 15.0. The molecule has 2 aromatic carbocycles. The van der Waals surface area contributed by atoms with Crippen LogP contribution in [0.3, 0.4) is 0 Å². The van der Waals surface area contributed by atoms with Gasteiger partial charge >= 0.3 is 0 Å². The lowest BCUT2D eigenvalue weighted by molar-refractivity contribution is 0.355. The molecule has 0 spiro atoms. The van der Waals surface area contributed by atoms with Crippen LogP contribution >= 0.6 is 0 Å². The van der Waals surface area contributed by atoms with Gasteiger partial charge in [-0.15, -0.1) is 0 Å². The van der Waals surface area contributed by atoms with Crippen molar-refractivity contribution < 1.29 is 0 Å². The Bertz CT molecular complexity index is 506. The summed E-state index contributed by atoms with van der Waals surface area (Å²) in [7, 11) is 2.06. The average molecular weight is 281 g/mol. The molecule has 2 rings (SSSR count). The highest BCUT2D eigenvalue weighted by atomic mass is 14.8. The molecule has 0 saturated carbocycles. The number of aryl methyl sites for hydroxylation is 1. The first-order valence-corrected chi connectivity index (χ1v) is 8.05. The lowest BCUT2D eigenvalue weighted by Gasteiger charge is -2.33. The fourth-order valence-electron chi connectivity index (χ4n) is 3.25. The van der Waals surface area contributed by atoms with Crippen molar-refractivity contribution in [2.45, 2.75) is 38.0 Å². The molecule has 0 heterocycles. The number of nitrogens with one attached hydrogen (secondary N) is 1. The molecule has 1 atom stereocenters. The Labute approximate surface area is 129 Å². The van der Waals surface area contributed by atoms with Crippen molar-refractivity contribution >= 4 is 0 Å². The van der Waals surface area contributed by atoms with E-state index in [1.54, 1.807) is 0 Å². The van der Waals surface area contributed by atoms with Crippen molar-refractivity contribution in [1.82, 2.24) is 5.32 Å². The lowest BCUT2D eigenvalue weighted by Crippen LogP contribution is -2.36. The summed E-state index contributed by atoms with van der Waals surface area (Å²) >= 11 is 0. The maximum Gasteiger partial charge on any atom is 0.00751 e. The fraction of sp³-hybridized carbons (Fsp3) is 0.400. The molecule has 0 saturated heterocycles. The zero-order valence-electron chi connectivity index (χ0n) is 13.3. The molecular weight excluding hydrogens is 254 g/mol. The molecule has 112 valence electrons. The largest absolute Gasteiger partial charge is 0.319 e. The van der Waals surface area contributed by atoms with Gasteiger partial charge in [-0.05, 0) is 43.9 Å². The number of benzene rings is 2. The van der Waals surface area contributed by atoms with Crippen LogP contribution in [-0.4, -0.2) is 13.6 Å². The normalized spacial score (nSPS) is 13.8. The predicted octanol–water partition coefficient (Wildman–Crippen LogP) is 4.58. The number of rotatable bonds is 8. The van der Waals surface area contributed by atoms with Crippen LogP contribution < -0.4 is 5.32 Å². The van der Waals surface area contributed by atoms with Crippen molar-refractivity contribution in [3.8, 4) is 0 Å². The van der Waals surface area contributed by atoms with Gasteiger partial charge in [0.25, 0.3) is 0 Å². The molecule has 1 N–H and O–H groups in total. The summed E-state index contributed by atoms with van der Waals surface area (Å²) in [5, 5.41) is 3.41. The Morgan fingerprint density at radius 1 is 0.905 bits per heavy atom. The third-order valence-corrected chi connectivity index (χ3v) is 4.54. The van der Waals surface area contributed by atoms with Gasteiger partial charge in [0.1, 0.15) is 0 Å². The van der Waals surface area contributed by atoms with Gasteiger partial charge in [-0.2, -0.15) is 0 Å². The number of likely N-dealkylation sites (N-methyl/N-ethyl adjacent to an activating group) is 1. The minimum atomic E-state index is 0.255. The highest BCUT2D eigenvalue weighted by Crippen LogP contribution is 2.33. The molecule has 0 amide bonds. The zero-order valence-corrected chi connectivity index (χ0v) is 13.3. The van der Waals surface area contributed by atoms with Crippen LogP contribution in [0.25, 0.3) is 0 Å². The molecular formula is C20H27N. The first-order chi connectivity index (χ1) is 10.3. The smallest absolute Gasteiger partial charge is 0.00751 e. The van der Waals surface area contributed by atoms with Crippen LogP contribution in [0.5, 0.6) is 0 Å². The van der Waals surface area contributed by atoms with Gasteiger partial charge in [-0.1, -0.05) is 67.6 Å². The third-order valence-electron chi connectivity index (χ3n) is 4.54. The van der Waals surface area contributed by atoms with Crippen molar-refractivity contribution in [3.63, 3.8) is 0 Å². The molecule has 2 aromatic rings. The molecule has 1 unspecified atom stereocenters. The van der Waals surface area contributed by atoms with Crippen LogP contribution in [0.4, 0.5) is 0 Å². The molecule has 0 aliphatic rings. The average Bonchev–Trinajstić information content (AvgIpc) is 2.56. The number of hydrogen-bond acceptors (Lipinski definition) is 1. The first kappa shape index (κ1) is 15.8. The highest BCUT2D eigenvalue weighted by molar-refractivity contribution is 5.26. The van der Waals surface area contributed by atoms with E-state index in [9.17, 15) is 0 Å². The maximum atomic E-state index is 3.41. The Morgan fingerprint density at radius 3 is 2.10 bits per heavy atom. The van der Waals surface area contributed by atoms with Crippen LogP contribution in [0, 0.1) is 0 Å². The van der Waals surface area contributed by atoms with Crippen molar-refractivity contribution in [2.24, 2.45) is 0 Å². The minimum Gasteiger partial charge on any atom is -0.319 e. The molecule has 0 fully saturated rings. The van der Waals surface area contributed by atoms with Gasteiger partial charge < -0.3 is 5.32 Å². The molecule has 0 bridgehead atoms. The van der Waals surface area contributed by atoms with E-state index in [1.165, 1.54) is 36.8 Å². The fourth-order valence-corrected chi connectivity index (χ4v) is 3.25. The van der Waals surface area contributed by atoms with Crippen LogP contribution in [0.1, 0.15) is 37.3 Å². The molecule has 1 heteroatoms. The van der Waals surface area contributed by atoms with Crippen molar-refractivity contribution in [2.75, 3.05) is 13.6 Å². The summed E-state index contributed by atoms with van der Waals surface area (Å²) in [6.07, 6.45) is 4.80. The van der Waals surface area contributed by atoms with Crippen LogP contribution in [-0.2, 0) is 11.8 Å². The van der Waals surface area contributed by atoms with E-state index in [4.69, 9.17) is 0 Å². The monoisotopic (exact) mass is 281 g/mol. The molecule has 0 aliphatic heterocycles. The molecule has 0 aliphatic carbocycles. The summed E-state index contributed by atoms with van der Waals surface area (Å²) in [6, 6.07) is 21.8. The predicted molar refractivity (Wildman–Crippen MR) is 91.7 cm³/mol. The van der Waals surface area contributed by atoms with Crippen LogP contribution in [0.15, 0.2) is 60.7 Å². The summed E-state index contributed by atoms with van der Waals surface area (Å²) in [6.45, 7) is 3.36. The Balaban J connectivity index is 2.06. The SMILES string of the molecule is CCC(CCCc1ccccc1)(CNC)c1ccccc1. The van der Waals surface area contributed by atoms with Gasteiger partial charge in [0.2, 0.25) is 0 Å². The Kier molecular flexibility index (Phi) is 6.01. The van der Waals surface area contributed by atoms with E-state index in [0.717, 1.165) is 6.54 Å². The highest BCUT2D eigenvalue weighted by Gasteiger charge is 2.28. The second-order valence-corrected chi connectivity index (χ2v) is 5.87. The van der Waals surface area contributed by atoms with Gasteiger partial charge in [0, 0.05) is 12.0 Å². The Hall–Kier alpha value is -1.60. The quantitative estimate of drug-likeness (QED) is 0.747.